The van der Waals surface area contributed by atoms with Crippen molar-refractivity contribution >= 4 is 0 Å². The van der Waals surface area contributed by atoms with Gasteiger partial charge in [0.25, 0.3) is 0 Å². The summed E-state index contributed by atoms with van der Waals surface area (Å²) in [7, 11) is 0. The third kappa shape index (κ3) is 3.07. The Morgan fingerprint density at radius 2 is 1.91 bits per heavy atom. The highest BCUT2D eigenvalue weighted by Crippen LogP contribution is 2.28. The highest BCUT2D eigenvalue weighted by Gasteiger charge is 2.36. The summed E-state index contributed by atoms with van der Waals surface area (Å²) in [5.41, 5.74) is 0. The van der Waals surface area contributed by atoms with Crippen LogP contribution in [0.3, 0.4) is 0 Å². The number of rotatable bonds is 1. The van der Waals surface area contributed by atoms with Crippen LogP contribution in [0.25, 0.3) is 0 Å². The predicted octanol–water partition coefficient (Wildman–Crippen LogP) is 1.44. The van der Waals surface area contributed by atoms with Crippen molar-refractivity contribution in [2.75, 3.05) is 0 Å². The summed E-state index contributed by atoms with van der Waals surface area (Å²) in [6.45, 7) is 0. The number of aliphatic hydroxyl groups is 1. The van der Waals surface area contributed by atoms with E-state index in [0.717, 1.165) is 0 Å². The lowest BCUT2D eigenvalue weighted by atomic mass is 10.3. The van der Waals surface area contributed by atoms with Gasteiger partial charge in [0.15, 0.2) is 0 Å². The Balaban J connectivity index is 2.29. The highest BCUT2D eigenvalue weighted by atomic mass is 19.4. The lowest BCUT2D eigenvalue weighted by molar-refractivity contribution is -0.342. The first-order chi connectivity index (χ1) is 4.97. The van der Waals surface area contributed by atoms with Crippen molar-refractivity contribution in [1.82, 2.24) is 0 Å². The van der Waals surface area contributed by atoms with E-state index >= 15 is 0 Å². The second-order valence-corrected chi connectivity index (χ2v) is 2.65. The Hall–Kier alpha value is -0.290. The molecular weight excluding hydrogens is 161 g/mol. The van der Waals surface area contributed by atoms with Crippen LogP contribution >= 0.6 is 0 Å². The van der Waals surface area contributed by atoms with Gasteiger partial charge in [0.1, 0.15) is 0 Å². The molecule has 1 N–H and O–H groups in total. The maximum atomic E-state index is 11.5. The monoisotopic (exact) mass is 170 g/mol. The molecule has 0 bridgehead atoms. The standard InChI is InChI=1S/C6H9F3O2/c7-6(8,9)11-5-2-1-4(10)3-5/h4-5,10H,1-3H2/t4-,5-/m0/s1. The molecule has 1 saturated carbocycles. The van der Waals surface area contributed by atoms with Crippen molar-refractivity contribution in [2.45, 2.75) is 37.8 Å². The van der Waals surface area contributed by atoms with Gasteiger partial charge in [-0.2, -0.15) is 0 Å². The number of hydrogen-bond donors (Lipinski definition) is 1. The molecule has 1 fully saturated rings. The zero-order valence-electron chi connectivity index (χ0n) is 5.77. The van der Waals surface area contributed by atoms with Crippen LogP contribution in [-0.4, -0.2) is 23.7 Å². The molecule has 0 aromatic rings. The van der Waals surface area contributed by atoms with Gasteiger partial charge >= 0.3 is 6.36 Å². The number of hydrogen-bond acceptors (Lipinski definition) is 2. The minimum Gasteiger partial charge on any atom is -0.393 e. The highest BCUT2D eigenvalue weighted by molar-refractivity contribution is 4.74. The van der Waals surface area contributed by atoms with Crippen LogP contribution in [0, 0.1) is 0 Å². The van der Waals surface area contributed by atoms with Gasteiger partial charge in [-0.3, -0.25) is 4.74 Å². The van der Waals surface area contributed by atoms with E-state index in [4.69, 9.17) is 5.11 Å². The van der Waals surface area contributed by atoms with E-state index in [0.29, 0.717) is 12.8 Å². The summed E-state index contributed by atoms with van der Waals surface area (Å²) < 4.78 is 38.3. The van der Waals surface area contributed by atoms with E-state index in [1.165, 1.54) is 0 Å². The van der Waals surface area contributed by atoms with Crippen LogP contribution in [0.4, 0.5) is 13.2 Å². The fraction of sp³-hybridized carbons (Fsp3) is 1.00. The molecule has 0 aliphatic heterocycles. The average molecular weight is 170 g/mol. The lowest BCUT2D eigenvalue weighted by Gasteiger charge is -2.12. The Morgan fingerprint density at radius 3 is 2.27 bits per heavy atom. The molecule has 0 spiro atoms. The quantitative estimate of drug-likeness (QED) is 0.645. The molecule has 0 amide bonds. The first-order valence-corrected chi connectivity index (χ1v) is 3.40. The van der Waals surface area contributed by atoms with E-state index < -0.39 is 18.6 Å². The van der Waals surface area contributed by atoms with Crippen LogP contribution in [0.5, 0.6) is 0 Å². The Morgan fingerprint density at radius 1 is 1.27 bits per heavy atom. The Kier molecular flexibility index (Phi) is 2.39. The molecule has 11 heavy (non-hydrogen) atoms. The van der Waals surface area contributed by atoms with Gasteiger partial charge in [-0.15, -0.1) is 13.2 Å². The summed E-state index contributed by atoms with van der Waals surface area (Å²) in [6.07, 6.45) is -5.23. The summed E-state index contributed by atoms with van der Waals surface area (Å²) in [6, 6.07) is 0. The fourth-order valence-corrected chi connectivity index (χ4v) is 1.21. The molecular formula is C6H9F3O2. The number of aliphatic hydroxyl groups excluding tert-OH is 1. The summed E-state index contributed by atoms with van der Waals surface area (Å²) in [5, 5.41) is 8.85. The van der Waals surface area contributed by atoms with Gasteiger partial charge in [0, 0.05) is 0 Å². The molecule has 5 heteroatoms. The largest absolute Gasteiger partial charge is 0.522 e. The Labute approximate surface area is 62.0 Å². The van der Waals surface area contributed by atoms with Crippen molar-refractivity contribution in [3.63, 3.8) is 0 Å². The fourth-order valence-electron chi connectivity index (χ4n) is 1.21. The molecule has 0 saturated heterocycles. The van der Waals surface area contributed by atoms with E-state index in [9.17, 15) is 13.2 Å². The van der Waals surface area contributed by atoms with Crippen LogP contribution < -0.4 is 0 Å². The maximum Gasteiger partial charge on any atom is 0.522 e. The molecule has 1 aliphatic carbocycles. The molecule has 1 rings (SSSR count). The number of halogens is 3. The van der Waals surface area contributed by atoms with Crippen molar-refractivity contribution in [2.24, 2.45) is 0 Å². The lowest BCUT2D eigenvalue weighted by Crippen LogP contribution is -2.22. The zero-order chi connectivity index (χ0) is 8.48. The van der Waals surface area contributed by atoms with E-state index in [1.807, 2.05) is 0 Å². The first-order valence-electron chi connectivity index (χ1n) is 3.40. The van der Waals surface area contributed by atoms with E-state index in [-0.39, 0.29) is 6.42 Å². The predicted molar refractivity (Wildman–Crippen MR) is 30.8 cm³/mol. The van der Waals surface area contributed by atoms with Crippen LogP contribution in [0.1, 0.15) is 19.3 Å². The third-order valence-electron chi connectivity index (χ3n) is 1.66. The van der Waals surface area contributed by atoms with Crippen molar-refractivity contribution in [3.05, 3.63) is 0 Å². The molecule has 2 atom stereocenters. The van der Waals surface area contributed by atoms with Gasteiger partial charge in [-0.1, -0.05) is 0 Å². The molecule has 0 aromatic heterocycles. The molecule has 0 aromatic carbocycles. The van der Waals surface area contributed by atoms with Gasteiger partial charge in [-0.25, -0.2) is 0 Å². The SMILES string of the molecule is O[C@H]1CC[C@H](OC(F)(F)F)C1. The van der Waals surface area contributed by atoms with Gasteiger partial charge < -0.3 is 5.11 Å². The molecule has 66 valence electrons. The third-order valence-corrected chi connectivity index (χ3v) is 1.66. The topological polar surface area (TPSA) is 29.5 Å². The Bertz CT molecular complexity index is 134. The van der Waals surface area contributed by atoms with Crippen LogP contribution in [0.2, 0.25) is 0 Å². The minimum atomic E-state index is -4.56. The summed E-state index contributed by atoms with van der Waals surface area (Å²) >= 11 is 0. The number of alkyl halides is 3. The first kappa shape index (κ1) is 8.80. The number of ether oxygens (including phenoxy) is 1. The van der Waals surface area contributed by atoms with Gasteiger partial charge in [0.05, 0.1) is 12.2 Å². The zero-order valence-corrected chi connectivity index (χ0v) is 5.77. The molecule has 0 unspecified atom stereocenters. The summed E-state index contributed by atoms with van der Waals surface area (Å²) in [5.74, 6) is 0. The summed E-state index contributed by atoms with van der Waals surface area (Å²) in [4.78, 5) is 0. The van der Waals surface area contributed by atoms with Crippen molar-refractivity contribution in [1.29, 1.82) is 0 Å². The van der Waals surface area contributed by atoms with Gasteiger partial charge in [-0.05, 0) is 19.3 Å². The maximum absolute atomic E-state index is 11.5. The van der Waals surface area contributed by atoms with Crippen molar-refractivity contribution < 1.29 is 23.0 Å². The second-order valence-electron chi connectivity index (χ2n) is 2.65. The van der Waals surface area contributed by atoms with E-state index in [1.54, 1.807) is 0 Å². The van der Waals surface area contributed by atoms with E-state index in [2.05, 4.69) is 4.74 Å². The van der Waals surface area contributed by atoms with Gasteiger partial charge in [0.2, 0.25) is 0 Å². The van der Waals surface area contributed by atoms with Crippen LogP contribution in [-0.2, 0) is 4.74 Å². The molecule has 1 aliphatic rings. The van der Waals surface area contributed by atoms with Crippen molar-refractivity contribution in [3.8, 4) is 0 Å². The molecule has 2 nitrogen and oxygen atoms in total. The van der Waals surface area contributed by atoms with Crippen LogP contribution in [0.15, 0.2) is 0 Å². The smallest absolute Gasteiger partial charge is 0.393 e. The molecule has 0 radical (unpaired) electrons. The second kappa shape index (κ2) is 2.98. The molecule has 0 heterocycles. The normalized spacial score (nSPS) is 32.7. The average Bonchev–Trinajstić information content (AvgIpc) is 2.10. The minimum absolute atomic E-state index is 0.0967.